The van der Waals surface area contributed by atoms with Crippen LogP contribution in [0.1, 0.15) is 0 Å². The Hall–Kier alpha value is -2.90. The number of hydrogen-bond donors (Lipinski definition) is 2. The van der Waals surface area contributed by atoms with Crippen LogP contribution in [0.5, 0.6) is 0 Å². The highest BCUT2D eigenvalue weighted by Gasteiger charge is 2.61. The molecule has 140 valence electrons. The Bertz CT molecular complexity index is 608. The van der Waals surface area contributed by atoms with Crippen molar-refractivity contribution in [2.75, 3.05) is 13.2 Å². The Balaban J connectivity index is 2.46. The highest BCUT2D eigenvalue weighted by atomic mass is 16.5. The number of aliphatic carboxylic acids is 2. The maximum absolute atomic E-state index is 12.5. The molecule has 0 amide bonds. The fraction of sp³-hybridized carbons (Fsp3) is 0.444. The summed E-state index contributed by atoms with van der Waals surface area (Å²) in [5.74, 6) is -11.2. The monoisotopic (exact) mass is 364 g/mol. The molecule has 0 aromatic rings. The van der Waals surface area contributed by atoms with E-state index in [1.807, 2.05) is 0 Å². The molecular formula is C18H20O8. The van der Waals surface area contributed by atoms with E-state index in [4.69, 9.17) is 9.47 Å². The van der Waals surface area contributed by atoms with Gasteiger partial charge in [-0.05, 0) is 0 Å². The lowest BCUT2D eigenvalue weighted by Gasteiger charge is -2.48. The first-order chi connectivity index (χ1) is 12.3. The molecule has 2 bridgehead atoms. The molecule has 26 heavy (non-hydrogen) atoms. The van der Waals surface area contributed by atoms with Crippen LogP contribution in [0, 0.1) is 35.5 Å². The summed E-state index contributed by atoms with van der Waals surface area (Å²) >= 11 is 0. The average Bonchev–Trinajstić information content (AvgIpc) is 2.62. The van der Waals surface area contributed by atoms with Gasteiger partial charge in [0.15, 0.2) is 0 Å². The molecule has 8 nitrogen and oxygen atoms in total. The second kappa shape index (κ2) is 7.99. The number of esters is 2. The molecule has 0 spiro atoms. The van der Waals surface area contributed by atoms with E-state index in [1.54, 1.807) is 0 Å². The summed E-state index contributed by atoms with van der Waals surface area (Å²) in [4.78, 5) is 48.4. The number of hydrogen-bond acceptors (Lipinski definition) is 6. The van der Waals surface area contributed by atoms with Crippen molar-refractivity contribution in [2.24, 2.45) is 35.5 Å². The molecule has 6 unspecified atom stereocenters. The van der Waals surface area contributed by atoms with Crippen LogP contribution in [0.15, 0.2) is 37.5 Å². The van der Waals surface area contributed by atoms with Crippen LogP contribution in [0.3, 0.4) is 0 Å². The summed E-state index contributed by atoms with van der Waals surface area (Å²) in [6, 6.07) is 0. The van der Waals surface area contributed by atoms with Gasteiger partial charge in [0.25, 0.3) is 0 Å². The van der Waals surface area contributed by atoms with Crippen molar-refractivity contribution in [2.45, 2.75) is 0 Å². The van der Waals surface area contributed by atoms with E-state index in [9.17, 15) is 29.4 Å². The zero-order chi connectivity index (χ0) is 19.4. The largest absolute Gasteiger partial charge is 0.481 e. The van der Waals surface area contributed by atoms with Crippen molar-refractivity contribution < 1.29 is 38.9 Å². The van der Waals surface area contributed by atoms with Crippen LogP contribution in [0.2, 0.25) is 0 Å². The average molecular weight is 364 g/mol. The molecule has 0 aromatic heterocycles. The van der Waals surface area contributed by atoms with Gasteiger partial charge in [-0.15, -0.1) is 0 Å². The number of rotatable bonds is 8. The van der Waals surface area contributed by atoms with Gasteiger partial charge in [-0.3, -0.25) is 19.2 Å². The van der Waals surface area contributed by atoms with Gasteiger partial charge in [0, 0.05) is 11.8 Å². The highest BCUT2D eigenvalue weighted by molar-refractivity contribution is 5.89. The van der Waals surface area contributed by atoms with Gasteiger partial charge in [0.05, 0.1) is 23.7 Å². The molecule has 0 aliphatic heterocycles. The van der Waals surface area contributed by atoms with Crippen LogP contribution in [-0.2, 0) is 28.7 Å². The van der Waals surface area contributed by atoms with Crippen LogP contribution >= 0.6 is 0 Å². The van der Waals surface area contributed by atoms with E-state index >= 15 is 0 Å². The molecule has 3 aliphatic carbocycles. The summed E-state index contributed by atoms with van der Waals surface area (Å²) in [6.45, 7) is 6.65. The number of carboxylic acids is 2. The third-order valence-electron chi connectivity index (χ3n) is 4.79. The van der Waals surface area contributed by atoms with Gasteiger partial charge in [0.2, 0.25) is 0 Å². The summed E-state index contributed by atoms with van der Waals surface area (Å²) in [5.41, 5.74) is 0. The van der Waals surface area contributed by atoms with E-state index in [1.165, 1.54) is 24.3 Å². The van der Waals surface area contributed by atoms with Crippen molar-refractivity contribution in [3.05, 3.63) is 37.5 Å². The standard InChI is InChI=1S/C18H20O8/c1-3-7-25-17(23)13-9-5-6-10(14(13)18(24)26-8-4-2)12(16(21)22)11(9)15(19)20/h3-6,9-14H,1-2,7-8H2,(H,19,20)(H,21,22). The van der Waals surface area contributed by atoms with E-state index in [2.05, 4.69) is 13.2 Å². The Morgan fingerprint density at radius 3 is 1.38 bits per heavy atom. The summed E-state index contributed by atoms with van der Waals surface area (Å²) in [7, 11) is 0. The minimum Gasteiger partial charge on any atom is -0.481 e. The molecule has 0 heterocycles. The van der Waals surface area contributed by atoms with Crippen molar-refractivity contribution in [1.29, 1.82) is 0 Å². The van der Waals surface area contributed by atoms with E-state index in [-0.39, 0.29) is 13.2 Å². The Morgan fingerprint density at radius 2 is 1.12 bits per heavy atom. The first-order valence-electron chi connectivity index (χ1n) is 8.04. The first kappa shape index (κ1) is 19.4. The Kier molecular flexibility index (Phi) is 5.97. The molecule has 0 radical (unpaired) electrons. The summed E-state index contributed by atoms with van der Waals surface area (Å²) in [6.07, 6.45) is 5.66. The van der Waals surface area contributed by atoms with Crippen molar-refractivity contribution in [3.8, 4) is 0 Å². The van der Waals surface area contributed by atoms with E-state index in [0.29, 0.717) is 0 Å². The molecule has 6 atom stereocenters. The number of carbonyl (C=O) groups excluding carboxylic acids is 2. The lowest BCUT2D eigenvalue weighted by Crippen LogP contribution is -2.57. The highest BCUT2D eigenvalue weighted by Crippen LogP contribution is 2.52. The quantitative estimate of drug-likeness (QED) is 0.480. The summed E-state index contributed by atoms with van der Waals surface area (Å²) in [5, 5.41) is 19.1. The first-order valence-corrected chi connectivity index (χ1v) is 8.04. The summed E-state index contributed by atoms with van der Waals surface area (Å²) < 4.78 is 10.1. The van der Waals surface area contributed by atoms with Gasteiger partial charge < -0.3 is 19.7 Å². The molecule has 1 saturated carbocycles. The minimum atomic E-state index is -1.34. The SMILES string of the molecule is C=CCOC(=O)C1C2C=CC(C(C(=O)O)C2C(=O)O)C1C(=O)OCC=C. The number of carbonyl (C=O) groups is 4. The zero-order valence-corrected chi connectivity index (χ0v) is 13.9. The van der Waals surface area contributed by atoms with Crippen LogP contribution in [0.4, 0.5) is 0 Å². The molecule has 0 saturated heterocycles. The number of fused-ring (bicyclic) bond motifs is 2. The van der Waals surface area contributed by atoms with E-state index in [0.717, 1.165) is 0 Å². The normalized spacial score (nSPS) is 31.7. The topological polar surface area (TPSA) is 127 Å². The van der Waals surface area contributed by atoms with Crippen LogP contribution < -0.4 is 0 Å². The number of carboxylic acid groups (broad SMARTS) is 2. The molecule has 2 N–H and O–H groups in total. The third-order valence-corrected chi connectivity index (χ3v) is 4.79. The van der Waals surface area contributed by atoms with Crippen LogP contribution in [0.25, 0.3) is 0 Å². The molecule has 8 heteroatoms. The molecule has 0 aromatic carbocycles. The number of ether oxygens (including phenoxy) is 2. The van der Waals surface area contributed by atoms with Gasteiger partial charge in [-0.1, -0.05) is 37.5 Å². The fourth-order valence-electron chi connectivity index (χ4n) is 3.86. The molecule has 3 rings (SSSR count). The Labute approximate surface area is 149 Å². The van der Waals surface area contributed by atoms with Crippen molar-refractivity contribution >= 4 is 23.9 Å². The number of allylic oxidation sites excluding steroid dienone is 2. The zero-order valence-electron chi connectivity index (χ0n) is 13.9. The fourth-order valence-corrected chi connectivity index (χ4v) is 3.86. The molecule has 1 fully saturated rings. The Morgan fingerprint density at radius 1 is 0.769 bits per heavy atom. The minimum absolute atomic E-state index is 0.106. The maximum Gasteiger partial charge on any atom is 0.310 e. The molecular weight excluding hydrogens is 344 g/mol. The van der Waals surface area contributed by atoms with Crippen molar-refractivity contribution in [3.63, 3.8) is 0 Å². The van der Waals surface area contributed by atoms with Gasteiger partial charge in [-0.2, -0.15) is 0 Å². The lowest BCUT2D eigenvalue weighted by molar-refractivity contribution is -0.181. The predicted molar refractivity (Wildman–Crippen MR) is 87.7 cm³/mol. The molecule has 3 aliphatic rings. The van der Waals surface area contributed by atoms with Crippen molar-refractivity contribution in [1.82, 2.24) is 0 Å². The van der Waals surface area contributed by atoms with Gasteiger partial charge >= 0.3 is 23.9 Å². The van der Waals surface area contributed by atoms with Crippen LogP contribution in [-0.4, -0.2) is 47.3 Å². The van der Waals surface area contributed by atoms with E-state index < -0.39 is 59.4 Å². The predicted octanol–water partition coefficient (Wildman–Crippen LogP) is 0.895. The third kappa shape index (κ3) is 3.40. The second-order valence-electron chi connectivity index (χ2n) is 6.16. The smallest absolute Gasteiger partial charge is 0.310 e. The van der Waals surface area contributed by atoms with Gasteiger partial charge in [-0.25, -0.2) is 0 Å². The second-order valence-corrected chi connectivity index (χ2v) is 6.16. The van der Waals surface area contributed by atoms with Gasteiger partial charge in [0.1, 0.15) is 13.2 Å². The lowest BCUT2D eigenvalue weighted by atomic mass is 9.53. The maximum atomic E-state index is 12.5.